The van der Waals surface area contributed by atoms with Crippen LogP contribution in [0.3, 0.4) is 0 Å². The van der Waals surface area contributed by atoms with E-state index in [1.807, 2.05) is 0 Å². The maximum Gasteiger partial charge on any atom is 0.285 e. The zero-order chi connectivity index (χ0) is 10.4. The fourth-order valence-electron chi connectivity index (χ4n) is 1.69. The van der Waals surface area contributed by atoms with Gasteiger partial charge >= 0.3 is 0 Å². The van der Waals surface area contributed by atoms with Crippen LogP contribution in [0.4, 0.5) is 17.6 Å². The predicted molar refractivity (Wildman–Crippen MR) is 43.7 cm³/mol. The van der Waals surface area contributed by atoms with E-state index >= 15 is 0 Å². The molecule has 1 saturated carbocycles. The molecule has 2 unspecified atom stereocenters. The van der Waals surface area contributed by atoms with Crippen LogP contribution in [0.15, 0.2) is 30.3 Å². The highest BCUT2D eigenvalue weighted by Gasteiger charge is 2.69. The summed E-state index contributed by atoms with van der Waals surface area (Å²) in [6.45, 7) is 0. The summed E-state index contributed by atoms with van der Waals surface area (Å²) in [7, 11) is 0. The topological polar surface area (TPSA) is 0 Å². The fourth-order valence-corrected chi connectivity index (χ4v) is 1.69. The standard InChI is InChI=1S/C10H8F4/c11-8-9(12,6-10(8,13)14)7-4-2-1-3-5-7/h1-5,8H,6H2. The van der Waals surface area contributed by atoms with Gasteiger partial charge in [0.15, 0.2) is 5.67 Å². The Labute approximate surface area is 78.5 Å². The summed E-state index contributed by atoms with van der Waals surface area (Å²) in [5.74, 6) is -3.52. The molecule has 2 atom stereocenters. The van der Waals surface area contributed by atoms with Gasteiger partial charge in [0.05, 0.1) is 6.42 Å². The molecule has 76 valence electrons. The quantitative estimate of drug-likeness (QED) is 0.616. The van der Waals surface area contributed by atoms with Crippen molar-refractivity contribution in [3.8, 4) is 0 Å². The number of benzene rings is 1. The van der Waals surface area contributed by atoms with Gasteiger partial charge in [-0.1, -0.05) is 30.3 Å². The lowest BCUT2D eigenvalue weighted by molar-refractivity contribution is -0.241. The monoisotopic (exact) mass is 204 g/mol. The summed E-state index contributed by atoms with van der Waals surface area (Å²) < 4.78 is 51.6. The van der Waals surface area contributed by atoms with E-state index in [2.05, 4.69) is 0 Å². The van der Waals surface area contributed by atoms with E-state index in [0.717, 1.165) is 0 Å². The van der Waals surface area contributed by atoms with Gasteiger partial charge in [-0.2, -0.15) is 0 Å². The Hall–Kier alpha value is -1.06. The maximum absolute atomic E-state index is 13.7. The first-order chi connectivity index (χ1) is 6.47. The number of hydrogen-bond acceptors (Lipinski definition) is 0. The second kappa shape index (κ2) is 2.72. The Bertz CT molecular complexity index is 335. The zero-order valence-electron chi connectivity index (χ0n) is 7.18. The second-order valence-corrected chi connectivity index (χ2v) is 3.53. The van der Waals surface area contributed by atoms with Crippen molar-refractivity contribution in [2.75, 3.05) is 0 Å². The van der Waals surface area contributed by atoms with Crippen LogP contribution in [0.2, 0.25) is 0 Å². The van der Waals surface area contributed by atoms with Gasteiger partial charge in [0.25, 0.3) is 5.92 Å². The molecule has 0 amide bonds. The molecule has 0 nitrogen and oxygen atoms in total. The molecule has 0 aliphatic heterocycles. The third-order valence-corrected chi connectivity index (χ3v) is 2.52. The van der Waals surface area contributed by atoms with Gasteiger partial charge in [0.1, 0.15) is 0 Å². The molecule has 1 fully saturated rings. The summed E-state index contributed by atoms with van der Waals surface area (Å²) in [4.78, 5) is 0. The number of halogens is 4. The smallest absolute Gasteiger partial charge is 0.237 e. The highest BCUT2D eigenvalue weighted by atomic mass is 19.3. The molecule has 1 aromatic carbocycles. The van der Waals surface area contributed by atoms with Crippen LogP contribution < -0.4 is 0 Å². The highest BCUT2D eigenvalue weighted by Crippen LogP contribution is 2.56. The lowest BCUT2D eigenvalue weighted by Gasteiger charge is -2.44. The molecule has 1 aliphatic rings. The van der Waals surface area contributed by atoms with Gasteiger partial charge in [0.2, 0.25) is 6.17 Å². The van der Waals surface area contributed by atoms with Gasteiger partial charge in [-0.05, 0) is 5.56 Å². The second-order valence-electron chi connectivity index (χ2n) is 3.53. The Morgan fingerprint density at radius 3 is 2.07 bits per heavy atom. The molecule has 0 heterocycles. The van der Waals surface area contributed by atoms with E-state index in [1.165, 1.54) is 24.3 Å². The third kappa shape index (κ3) is 1.13. The van der Waals surface area contributed by atoms with Gasteiger partial charge in [-0.15, -0.1) is 0 Å². The lowest BCUT2D eigenvalue weighted by Crippen LogP contribution is -2.59. The van der Waals surface area contributed by atoms with Crippen molar-refractivity contribution in [1.29, 1.82) is 0 Å². The maximum atomic E-state index is 13.7. The molecule has 14 heavy (non-hydrogen) atoms. The van der Waals surface area contributed by atoms with Gasteiger partial charge < -0.3 is 0 Å². The first kappa shape index (κ1) is 9.49. The van der Waals surface area contributed by atoms with Crippen LogP contribution in [-0.2, 0) is 5.67 Å². The number of rotatable bonds is 1. The summed E-state index contributed by atoms with van der Waals surface area (Å²) in [5, 5.41) is 0. The first-order valence-electron chi connectivity index (χ1n) is 4.23. The SMILES string of the molecule is FC1C(F)(F)CC1(F)c1ccccc1. The van der Waals surface area contributed by atoms with Crippen molar-refractivity contribution in [2.45, 2.75) is 24.2 Å². The van der Waals surface area contributed by atoms with Gasteiger partial charge in [0, 0.05) is 0 Å². The van der Waals surface area contributed by atoms with E-state index < -0.39 is 24.2 Å². The average molecular weight is 204 g/mol. The molecule has 4 heteroatoms. The van der Waals surface area contributed by atoms with Crippen LogP contribution in [0.1, 0.15) is 12.0 Å². The average Bonchev–Trinajstić information content (AvgIpc) is 2.18. The number of hydrogen-bond donors (Lipinski definition) is 0. The van der Waals surface area contributed by atoms with Crippen molar-refractivity contribution in [1.82, 2.24) is 0 Å². The van der Waals surface area contributed by atoms with Crippen LogP contribution in [0.5, 0.6) is 0 Å². The Morgan fingerprint density at radius 2 is 1.64 bits per heavy atom. The van der Waals surface area contributed by atoms with E-state index in [4.69, 9.17) is 0 Å². The van der Waals surface area contributed by atoms with Crippen molar-refractivity contribution in [3.05, 3.63) is 35.9 Å². The minimum absolute atomic E-state index is 0.0153. The summed E-state index contributed by atoms with van der Waals surface area (Å²) >= 11 is 0. The number of alkyl halides is 4. The zero-order valence-corrected chi connectivity index (χ0v) is 7.18. The molecule has 0 aromatic heterocycles. The van der Waals surface area contributed by atoms with Crippen molar-refractivity contribution < 1.29 is 17.6 Å². The Kier molecular flexibility index (Phi) is 1.84. The van der Waals surface area contributed by atoms with E-state index in [-0.39, 0.29) is 5.56 Å². The van der Waals surface area contributed by atoms with E-state index in [1.54, 1.807) is 6.07 Å². The van der Waals surface area contributed by atoms with E-state index in [0.29, 0.717) is 0 Å². The molecule has 0 saturated heterocycles. The van der Waals surface area contributed by atoms with Gasteiger partial charge in [-0.3, -0.25) is 0 Å². The molecule has 1 aromatic rings. The Balaban J connectivity index is 2.30. The molecule has 0 bridgehead atoms. The predicted octanol–water partition coefficient (Wildman–Crippen LogP) is 3.23. The molecule has 0 N–H and O–H groups in total. The Morgan fingerprint density at radius 1 is 1.07 bits per heavy atom. The molecule has 1 aliphatic carbocycles. The minimum Gasteiger partial charge on any atom is -0.237 e. The van der Waals surface area contributed by atoms with Crippen molar-refractivity contribution >= 4 is 0 Å². The minimum atomic E-state index is -3.52. The third-order valence-electron chi connectivity index (χ3n) is 2.52. The fraction of sp³-hybridized carbons (Fsp3) is 0.400. The van der Waals surface area contributed by atoms with Crippen molar-refractivity contribution in [2.24, 2.45) is 0 Å². The van der Waals surface area contributed by atoms with Crippen LogP contribution in [-0.4, -0.2) is 12.1 Å². The molecular weight excluding hydrogens is 196 g/mol. The molecule has 0 spiro atoms. The largest absolute Gasteiger partial charge is 0.285 e. The van der Waals surface area contributed by atoms with E-state index in [9.17, 15) is 17.6 Å². The molecular formula is C10H8F4. The molecule has 2 rings (SSSR count). The van der Waals surface area contributed by atoms with Crippen LogP contribution in [0.25, 0.3) is 0 Å². The lowest BCUT2D eigenvalue weighted by atomic mass is 9.72. The normalized spacial score (nSPS) is 35.0. The highest BCUT2D eigenvalue weighted by molar-refractivity contribution is 5.30. The first-order valence-corrected chi connectivity index (χ1v) is 4.23. The summed E-state index contributed by atoms with van der Waals surface area (Å²) in [6, 6.07) is 7.26. The van der Waals surface area contributed by atoms with Crippen LogP contribution in [0, 0.1) is 0 Å². The summed E-state index contributed by atoms with van der Waals surface area (Å²) in [6.07, 6.45) is -3.79. The summed E-state index contributed by atoms with van der Waals surface area (Å²) in [5.41, 5.74) is -2.52. The van der Waals surface area contributed by atoms with Crippen LogP contribution >= 0.6 is 0 Å². The molecule has 0 radical (unpaired) electrons. The van der Waals surface area contributed by atoms with Gasteiger partial charge in [-0.25, -0.2) is 17.6 Å². The van der Waals surface area contributed by atoms with Crippen molar-refractivity contribution in [3.63, 3.8) is 0 Å².